The van der Waals surface area contributed by atoms with E-state index in [2.05, 4.69) is 47.6 Å². The third-order valence-electron chi connectivity index (χ3n) is 8.44. The number of hydrogen-bond acceptors (Lipinski definition) is 9. The van der Waals surface area contributed by atoms with Crippen molar-refractivity contribution in [2.75, 3.05) is 76.3 Å². The van der Waals surface area contributed by atoms with Gasteiger partial charge in [0.05, 0.1) is 47.6 Å². The SMILES string of the molecule is Cc1c(-n2cc(C(=O)NCCCN3CCOCC3)nn2)ccc(N2CCN(C)[C@@H](C)C2)c1NC(=O)c1c[nH]c(=O)cc1C(F)(F)F. The fourth-order valence-electron chi connectivity index (χ4n) is 5.60. The van der Waals surface area contributed by atoms with E-state index < -0.39 is 28.8 Å². The molecule has 248 valence electrons. The van der Waals surface area contributed by atoms with Crippen molar-refractivity contribution < 1.29 is 27.5 Å². The van der Waals surface area contributed by atoms with Gasteiger partial charge in [0, 0.05) is 63.1 Å². The maximum atomic E-state index is 13.8. The Balaban J connectivity index is 1.40. The van der Waals surface area contributed by atoms with Gasteiger partial charge in [0.2, 0.25) is 5.56 Å². The summed E-state index contributed by atoms with van der Waals surface area (Å²) in [6.07, 6.45) is -1.93. The van der Waals surface area contributed by atoms with E-state index in [0.29, 0.717) is 55.9 Å². The first-order valence-corrected chi connectivity index (χ1v) is 15.1. The Morgan fingerprint density at radius 1 is 1.11 bits per heavy atom. The Morgan fingerprint density at radius 3 is 2.57 bits per heavy atom. The normalized spacial score (nSPS) is 18.0. The number of morpholine rings is 1. The van der Waals surface area contributed by atoms with E-state index in [-0.39, 0.29) is 23.3 Å². The zero-order valence-corrected chi connectivity index (χ0v) is 26.0. The molecule has 2 aromatic heterocycles. The lowest BCUT2D eigenvalue weighted by molar-refractivity contribution is -0.138. The molecule has 3 aromatic rings. The average molecular weight is 646 g/mol. The first-order valence-electron chi connectivity index (χ1n) is 15.1. The number of benzene rings is 1. The molecule has 2 fully saturated rings. The Hall–Kier alpha value is -4.28. The minimum absolute atomic E-state index is 0.0939. The number of H-pyrrole nitrogens is 1. The molecule has 16 heteroatoms. The highest BCUT2D eigenvalue weighted by Crippen LogP contribution is 2.36. The number of amides is 2. The number of halogens is 3. The summed E-state index contributed by atoms with van der Waals surface area (Å²) in [5.41, 5.74) is -1.07. The van der Waals surface area contributed by atoms with Crippen LogP contribution >= 0.6 is 0 Å². The molecule has 0 bridgehead atoms. The molecular formula is C30H38F3N9O4. The van der Waals surface area contributed by atoms with E-state index in [1.54, 1.807) is 19.1 Å². The van der Waals surface area contributed by atoms with Crippen LogP contribution in [0, 0.1) is 6.92 Å². The summed E-state index contributed by atoms with van der Waals surface area (Å²) >= 11 is 0. The van der Waals surface area contributed by atoms with E-state index >= 15 is 0 Å². The molecule has 0 radical (unpaired) electrons. The molecule has 0 spiro atoms. The Bertz CT molecular complexity index is 1620. The van der Waals surface area contributed by atoms with Crippen molar-refractivity contribution in [3.05, 3.63) is 63.3 Å². The van der Waals surface area contributed by atoms with E-state index in [0.717, 1.165) is 38.8 Å². The Morgan fingerprint density at radius 2 is 1.85 bits per heavy atom. The van der Waals surface area contributed by atoms with Gasteiger partial charge in [-0.2, -0.15) is 13.2 Å². The number of rotatable bonds is 9. The number of carbonyl (C=O) groups is 2. The highest BCUT2D eigenvalue weighted by Gasteiger charge is 2.36. The van der Waals surface area contributed by atoms with Crippen LogP contribution in [0.2, 0.25) is 0 Å². The van der Waals surface area contributed by atoms with Gasteiger partial charge in [-0.15, -0.1) is 5.10 Å². The molecule has 1 atom stereocenters. The van der Waals surface area contributed by atoms with Crippen LogP contribution in [0.4, 0.5) is 24.5 Å². The quantitative estimate of drug-likeness (QED) is 0.299. The first-order chi connectivity index (χ1) is 21.9. The van der Waals surface area contributed by atoms with Crippen LogP contribution in [0.1, 0.15) is 45.3 Å². The van der Waals surface area contributed by atoms with Gasteiger partial charge in [-0.1, -0.05) is 5.21 Å². The van der Waals surface area contributed by atoms with E-state index in [1.165, 1.54) is 10.9 Å². The van der Waals surface area contributed by atoms with Gasteiger partial charge in [0.15, 0.2) is 5.69 Å². The Kier molecular flexibility index (Phi) is 10.1. The zero-order chi connectivity index (χ0) is 33.0. The second-order valence-electron chi connectivity index (χ2n) is 11.6. The van der Waals surface area contributed by atoms with Crippen LogP contribution in [-0.4, -0.2) is 114 Å². The second-order valence-corrected chi connectivity index (χ2v) is 11.6. The molecule has 2 amide bonds. The zero-order valence-electron chi connectivity index (χ0n) is 26.0. The number of pyridine rings is 1. The predicted octanol–water partition coefficient (Wildman–Crippen LogP) is 2.13. The molecule has 3 N–H and O–H groups in total. The largest absolute Gasteiger partial charge is 0.417 e. The van der Waals surface area contributed by atoms with E-state index in [4.69, 9.17) is 4.74 Å². The smallest absolute Gasteiger partial charge is 0.379 e. The molecule has 4 heterocycles. The number of hydrogen-bond donors (Lipinski definition) is 3. The van der Waals surface area contributed by atoms with Crippen molar-refractivity contribution in [2.24, 2.45) is 0 Å². The maximum Gasteiger partial charge on any atom is 0.417 e. The van der Waals surface area contributed by atoms with Crippen LogP contribution in [0.15, 0.2) is 35.4 Å². The first kappa shape index (κ1) is 33.1. The summed E-state index contributed by atoms with van der Waals surface area (Å²) < 4.78 is 48.1. The summed E-state index contributed by atoms with van der Waals surface area (Å²) in [5, 5.41) is 13.7. The molecular weight excluding hydrogens is 607 g/mol. The number of alkyl halides is 3. The summed E-state index contributed by atoms with van der Waals surface area (Å²) in [7, 11) is 2.01. The molecule has 2 aliphatic heterocycles. The van der Waals surface area contributed by atoms with Crippen molar-refractivity contribution in [2.45, 2.75) is 32.5 Å². The van der Waals surface area contributed by atoms with Gasteiger partial charge < -0.3 is 30.2 Å². The molecule has 0 aliphatic carbocycles. The average Bonchev–Trinajstić information content (AvgIpc) is 3.52. The molecule has 0 unspecified atom stereocenters. The van der Waals surface area contributed by atoms with Crippen LogP contribution in [-0.2, 0) is 10.9 Å². The number of likely N-dealkylation sites (N-methyl/N-ethyl adjacent to an activating group) is 1. The second kappa shape index (κ2) is 14.0. The van der Waals surface area contributed by atoms with Gasteiger partial charge in [-0.05, 0) is 46.0 Å². The van der Waals surface area contributed by atoms with E-state index in [1.807, 2.05) is 7.05 Å². The molecule has 5 rings (SSSR count). The van der Waals surface area contributed by atoms with Gasteiger partial charge in [0.1, 0.15) is 0 Å². The van der Waals surface area contributed by atoms with Gasteiger partial charge >= 0.3 is 6.18 Å². The van der Waals surface area contributed by atoms with Crippen LogP contribution in [0.3, 0.4) is 0 Å². The standard InChI is InChI=1S/C30H38F3N9O4/c1-19-17-41(10-9-39(19)3)25-6-5-24(20(2)27(25)36-28(44)21-16-35-26(43)15-22(21)30(31,32)33)42-18-23(37-38-42)29(45)34-7-4-8-40-11-13-46-14-12-40/h5-6,15-16,18-19H,4,7-14,17H2,1-3H3,(H,34,45)(H,35,43)(H,36,44)/t19-/m0/s1. The molecule has 46 heavy (non-hydrogen) atoms. The number of ether oxygens (including phenoxy) is 1. The van der Waals surface area contributed by atoms with Gasteiger partial charge in [0.25, 0.3) is 11.8 Å². The molecule has 2 saturated heterocycles. The fraction of sp³-hybridized carbons (Fsp3) is 0.500. The topological polar surface area (TPSA) is 141 Å². The highest BCUT2D eigenvalue weighted by molar-refractivity contribution is 6.07. The molecule has 13 nitrogen and oxygen atoms in total. The van der Waals surface area contributed by atoms with Crippen LogP contribution in [0.5, 0.6) is 0 Å². The molecule has 0 saturated carbocycles. The molecule has 2 aliphatic rings. The number of nitrogens with one attached hydrogen (secondary N) is 3. The summed E-state index contributed by atoms with van der Waals surface area (Å²) in [6.45, 7) is 10.2. The maximum absolute atomic E-state index is 13.8. The third kappa shape index (κ3) is 7.57. The van der Waals surface area contributed by atoms with E-state index in [9.17, 15) is 27.6 Å². The number of piperazine rings is 1. The van der Waals surface area contributed by atoms with Crippen molar-refractivity contribution in [3.8, 4) is 5.69 Å². The number of aromatic amines is 1. The van der Waals surface area contributed by atoms with Crippen LogP contribution < -0.4 is 21.1 Å². The highest BCUT2D eigenvalue weighted by atomic mass is 19.4. The Labute approximate surface area is 263 Å². The van der Waals surface area contributed by atoms with Crippen LogP contribution in [0.25, 0.3) is 5.69 Å². The lowest BCUT2D eigenvalue weighted by atomic mass is 10.1. The summed E-state index contributed by atoms with van der Waals surface area (Å²) in [6, 6.07) is 4.08. The lowest BCUT2D eigenvalue weighted by Crippen LogP contribution is -2.50. The number of aromatic nitrogens is 4. The number of anilines is 2. The lowest BCUT2D eigenvalue weighted by Gasteiger charge is -2.40. The fourth-order valence-corrected chi connectivity index (χ4v) is 5.60. The molecule has 1 aromatic carbocycles. The van der Waals surface area contributed by atoms with Crippen molar-refractivity contribution in [1.29, 1.82) is 0 Å². The van der Waals surface area contributed by atoms with Gasteiger partial charge in [-0.25, -0.2) is 4.68 Å². The third-order valence-corrected chi connectivity index (χ3v) is 8.44. The predicted molar refractivity (Wildman–Crippen MR) is 165 cm³/mol. The van der Waals surface area contributed by atoms with Crippen molar-refractivity contribution >= 4 is 23.2 Å². The minimum Gasteiger partial charge on any atom is -0.379 e. The number of carbonyl (C=O) groups excluding carboxylic acids is 2. The summed E-state index contributed by atoms with van der Waals surface area (Å²) in [5.74, 6) is -1.43. The van der Waals surface area contributed by atoms with Crippen molar-refractivity contribution in [3.63, 3.8) is 0 Å². The monoisotopic (exact) mass is 645 g/mol. The summed E-state index contributed by atoms with van der Waals surface area (Å²) in [4.78, 5) is 46.6. The number of nitrogens with zero attached hydrogens (tertiary/aromatic N) is 6. The van der Waals surface area contributed by atoms with Crippen molar-refractivity contribution in [1.82, 2.24) is 35.1 Å². The minimum atomic E-state index is -4.92. The van der Waals surface area contributed by atoms with Gasteiger partial charge in [-0.3, -0.25) is 19.3 Å².